The van der Waals surface area contributed by atoms with Crippen LogP contribution in [0.25, 0.3) is 0 Å². The van der Waals surface area contributed by atoms with Crippen molar-refractivity contribution in [2.24, 2.45) is 11.7 Å². The quantitative estimate of drug-likeness (QED) is 0.685. The van der Waals surface area contributed by atoms with Gasteiger partial charge in [-0.25, -0.2) is 0 Å². The number of hydrogen-bond donors (Lipinski definition) is 2. The van der Waals surface area contributed by atoms with E-state index in [0.717, 1.165) is 12.2 Å². The van der Waals surface area contributed by atoms with Crippen molar-refractivity contribution in [3.63, 3.8) is 0 Å². The molecule has 0 aliphatic rings. The molecule has 0 fully saturated rings. The molecule has 0 spiro atoms. The minimum atomic E-state index is -0.436. The van der Waals surface area contributed by atoms with Crippen LogP contribution in [-0.4, -0.2) is 25.1 Å². The molecule has 5 heteroatoms. The molecule has 0 radical (unpaired) electrons. The van der Waals surface area contributed by atoms with Gasteiger partial charge in [0.1, 0.15) is 12.4 Å². The standard InChI is InChI=1S/C13H22N2O3/c1-10(2)12(14)13(16)15-6-4-7-17-9-11-5-3-8-18-11/h3,5,8,10,12H,4,6-7,9,14H2,1-2H3,(H,15,16)/t12-/m1/s1. The van der Waals surface area contributed by atoms with Gasteiger partial charge in [-0.05, 0) is 24.5 Å². The maximum atomic E-state index is 11.5. The Hall–Kier alpha value is -1.33. The highest BCUT2D eigenvalue weighted by atomic mass is 16.5. The molecular formula is C13H22N2O3. The maximum absolute atomic E-state index is 11.5. The molecular weight excluding hydrogens is 232 g/mol. The highest BCUT2D eigenvalue weighted by Crippen LogP contribution is 2.02. The molecule has 0 bridgehead atoms. The normalized spacial score (nSPS) is 12.7. The number of rotatable bonds is 8. The van der Waals surface area contributed by atoms with E-state index in [0.29, 0.717) is 19.8 Å². The fourth-order valence-electron chi connectivity index (χ4n) is 1.37. The Morgan fingerprint density at radius 3 is 2.94 bits per heavy atom. The van der Waals surface area contributed by atoms with Crippen LogP contribution >= 0.6 is 0 Å². The van der Waals surface area contributed by atoms with Gasteiger partial charge in [-0.3, -0.25) is 4.79 Å². The van der Waals surface area contributed by atoms with Crippen molar-refractivity contribution in [1.82, 2.24) is 5.32 Å². The average Bonchev–Trinajstić information content (AvgIpc) is 2.85. The van der Waals surface area contributed by atoms with E-state index in [2.05, 4.69) is 5.32 Å². The van der Waals surface area contributed by atoms with Crippen LogP contribution in [0.5, 0.6) is 0 Å². The molecule has 0 saturated carbocycles. The van der Waals surface area contributed by atoms with Crippen LogP contribution in [-0.2, 0) is 16.1 Å². The van der Waals surface area contributed by atoms with Gasteiger partial charge >= 0.3 is 0 Å². The lowest BCUT2D eigenvalue weighted by atomic mass is 10.1. The Bertz CT molecular complexity index is 336. The van der Waals surface area contributed by atoms with Gasteiger partial charge in [0.15, 0.2) is 0 Å². The Labute approximate surface area is 108 Å². The van der Waals surface area contributed by atoms with E-state index >= 15 is 0 Å². The molecule has 1 amide bonds. The van der Waals surface area contributed by atoms with Gasteiger partial charge in [0.05, 0.1) is 12.3 Å². The Morgan fingerprint density at radius 1 is 1.56 bits per heavy atom. The van der Waals surface area contributed by atoms with Crippen molar-refractivity contribution in [3.8, 4) is 0 Å². The van der Waals surface area contributed by atoms with E-state index in [1.165, 1.54) is 0 Å². The summed E-state index contributed by atoms with van der Waals surface area (Å²) >= 11 is 0. The van der Waals surface area contributed by atoms with Crippen molar-refractivity contribution < 1.29 is 13.9 Å². The second kappa shape index (κ2) is 7.89. The third-order valence-electron chi connectivity index (χ3n) is 2.61. The number of nitrogens with two attached hydrogens (primary N) is 1. The number of hydrogen-bond acceptors (Lipinski definition) is 4. The van der Waals surface area contributed by atoms with E-state index in [4.69, 9.17) is 14.9 Å². The fraction of sp³-hybridized carbons (Fsp3) is 0.615. The summed E-state index contributed by atoms with van der Waals surface area (Å²) < 4.78 is 10.5. The van der Waals surface area contributed by atoms with Crippen molar-refractivity contribution in [2.75, 3.05) is 13.2 Å². The molecule has 1 atom stereocenters. The van der Waals surface area contributed by atoms with E-state index in [9.17, 15) is 4.79 Å². The Balaban J connectivity index is 2.00. The first-order valence-electron chi connectivity index (χ1n) is 6.24. The van der Waals surface area contributed by atoms with Crippen LogP contribution in [0.15, 0.2) is 22.8 Å². The lowest BCUT2D eigenvalue weighted by Crippen LogP contribution is -2.44. The van der Waals surface area contributed by atoms with E-state index in [-0.39, 0.29) is 11.8 Å². The van der Waals surface area contributed by atoms with Crippen LogP contribution in [0.2, 0.25) is 0 Å². The summed E-state index contributed by atoms with van der Waals surface area (Å²) in [6, 6.07) is 3.25. The molecule has 0 aliphatic heterocycles. The van der Waals surface area contributed by atoms with Gasteiger partial charge in [-0.15, -0.1) is 0 Å². The molecule has 5 nitrogen and oxygen atoms in total. The van der Waals surface area contributed by atoms with Crippen LogP contribution < -0.4 is 11.1 Å². The lowest BCUT2D eigenvalue weighted by Gasteiger charge is -2.15. The molecule has 18 heavy (non-hydrogen) atoms. The van der Waals surface area contributed by atoms with Gasteiger partial charge in [0, 0.05) is 13.2 Å². The van der Waals surface area contributed by atoms with Gasteiger partial charge in [0.2, 0.25) is 5.91 Å². The molecule has 0 aromatic carbocycles. The average molecular weight is 254 g/mol. The molecule has 1 aromatic heterocycles. The first-order valence-corrected chi connectivity index (χ1v) is 6.24. The van der Waals surface area contributed by atoms with Crippen LogP contribution in [0, 0.1) is 5.92 Å². The summed E-state index contributed by atoms with van der Waals surface area (Å²) in [5, 5.41) is 2.79. The van der Waals surface area contributed by atoms with Gasteiger partial charge < -0.3 is 20.2 Å². The fourth-order valence-corrected chi connectivity index (χ4v) is 1.37. The molecule has 1 aromatic rings. The molecule has 1 rings (SSSR count). The summed E-state index contributed by atoms with van der Waals surface area (Å²) in [7, 11) is 0. The zero-order valence-corrected chi connectivity index (χ0v) is 11.0. The summed E-state index contributed by atoms with van der Waals surface area (Å²) in [6.07, 6.45) is 2.38. The minimum absolute atomic E-state index is 0.101. The maximum Gasteiger partial charge on any atom is 0.237 e. The predicted octanol–water partition coefficient (Wildman–Crippen LogP) is 1.29. The number of carbonyl (C=O) groups excluding carboxylic acids is 1. The van der Waals surface area contributed by atoms with Crippen molar-refractivity contribution in [3.05, 3.63) is 24.2 Å². The smallest absolute Gasteiger partial charge is 0.237 e. The second-order valence-corrected chi connectivity index (χ2v) is 4.55. The van der Waals surface area contributed by atoms with Crippen LogP contribution in [0.4, 0.5) is 0 Å². The number of ether oxygens (including phenoxy) is 1. The molecule has 1 heterocycles. The zero-order valence-electron chi connectivity index (χ0n) is 11.0. The van der Waals surface area contributed by atoms with Gasteiger partial charge in [-0.1, -0.05) is 13.8 Å². The van der Waals surface area contributed by atoms with Crippen molar-refractivity contribution >= 4 is 5.91 Å². The SMILES string of the molecule is CC(C)[C@@H](N)C(=O)NCCCOCc1ccco1. The predicted molar refractivity (Wildman–Crippen MR) is 68.8 cm³/mol. The lowest BCUT2D eigenvalue weighted by molar-refractivity contribution is -0.123. The van der Waals surface area contributed by atoms with Gasteiger partial charge in [-0.2, -0.15) is 0 Å². The van der Waals surface area contributed by atoms with E-state index < -0.39 is 6.04 Å². The Morgan fingerprint density at radius 2 is 2.33 bits per heavy atom. The monoisotopic (exact) mass is 254 g/mol. The molecule has 102 valence electrons. The molecule has 0 unspecified atom stereocenters. The number of nitrogens with one attached hydrogen (secondary N) is 1. The highest BCUT2D eigenvalue weighted by Gasteiger charge is 2.15. The largest absolute Gasteiger partial charge is 0.467 e. The molecule has 0 saturated heterocycles. The van der Waals surface area contributed by atoms with Crippen LogP contribution in [0.3, 0.4) is 0 Å². The minimum Gasteiger partial charge on any atom is -0.467 e. The number of furan rings is 1. The number of carbonyl (C=O) groups is 1. The third kappa shape index (κ3) is 5.33. The van der Waals surface area contributed by atoms with Crippen LogP contribution in [0.1, 0.15) is 26.0 Å². The highest BCUT2D eigenvalue weighted by molar-refractivity contribution is 5.81. The van der Waals surface area contributed by atoms with Gasteiger partial charge in [0.25, 0.3) is 0 Å². The van der Waals surface area contributed by atoms with Crippen molar-refractivity contribution in [2.45, 2.75) is 32.9 Å². The number of amides is 1. The van der Waals surface area contributed by atoms with Crippen molar-refractivity contribution in [1.29, 1.82) is 0 Å². The summed E-state index contributed by atoms with van der Waals surface area (Å²) in [5.41, 5.74) is 5.71. The summed E-state index contributed by atoms with van der Waals surface area (Å²) in [6.45, 7) is 5.48. The molecule has 0 aliphatic carbocycles. The topological polar surface area (TPSA) is 77.5 Å². The summed E-state index contributed by atoms with van der Waals surface area (Å²) in [5.74, 6) is 0.858. The second-order valence-electron chi connectivity index (χ2n) is 4.55. The summed E-state index contributed by atoms with van der Waals surface area (Å²) in [4.78, 5) is 11.5. The first kappa shape index (κ1) is 14.7. The Kier molecular flexibility index (Phi) is 6.46. The third-order valence-corrected chi connectivity index (χ3v) is 2.61. The molecule has 3 N–H and O–H groups in total. The van der Waals surface area contributed by atoms with E-state index in [1.807, 2.05) is 26.0 Å². The zero-order chi connectivity index (χ0) is 13.4. The first-order chi connectivity index (χ1) is 8.61. The van der Waals surface area contributed by atoms with E-state index in [1.54, 1.807) is 6.26 Å².